The summed E-state index contributed by atoms with van der Waals surface area (Å²) in [7, 11) is 0. The minimum Gasteiger partial charge on any atom is -0.266 e. The highest BCUT2D eigenvalue weighted by Crippen LogP contribution is 2.03. The van der Waals surface area contributed by atoms with Gasteiger partial charge in [0.25, 0.3) is 5.91 Å². The predicted molar refractivity (Wildman–Crippen MR) is 55.5 cm³/mol. The van der Waals surface area contributed by atoms with E-state index in [1.807, 2.05) is 23.4 Å². The summed E-state index contributed by atoms with van der Waals surface area (Å²) in [6, 6.07) is 0. The molecule has 0 saturated heterocycles. The third-order valence-corrected chi connectivity index (χ3v) is 1.48. The first-order valence-electron chi connectivity index (χ1n) is 3.68. The molecule has 0 bridgehead atoms. The summed E-state index contributed by atoms with van der Waals surface area (Å²) in [6.07, 6.45) is 12.4. The molecule has 13 heavy (non-hydrogen) atoms. The largest absolute Gasteiger partial charge is 0.285 e. The maximum absolute atomic E-state index is 11.2. The summed E-state index contributed by atoms with van der Waals surface area (Å²) in [4.78, 5) is 14.6. The van der Waals surface area contributed by atoms with E-state index in [9.17, 15) is 4.79 Å². The third kappa shape index (κ3) is 3.11. The van der Waals surface area contributed by atoms with E-state index >= 15 is 0 Å². The molecule has 1 amide bonds. The number of amides is 1. The first-order chi connectivity index (χ1) is 6.34. The highest BCUT2D eigenvalue weighted by Gasteiger charge is 2.01. The van der Waals surface area contributed by atoms with Crippen LogP contribution in [0.1, 0.15) is 0 Å². The molecule has 64 valence electrons. The van der Waals surface area contributed by atoms with E-state index in [-0.39, 0.29) is 5.91 Å². The van der Waals surface area contributed by atoms with Gasteiger partial charge in [-0.1, -0.05) is 30.4 Å². The maximum atomic E-state index is 11.2. The molecule has 2 nitrogen and oxygen atoms in total. The number of nitrogens with zero attached hydrogens (tertiary/aromatic N) is 1. The van der Waals surface area contributed by atoms with E-state index in [4.69, 9.17) is 0 Å². The summed E-state index contributed by atoms with van der Waals surface area (Å²) in [6.45, 7) is 0. The van der Waals surface area contributed by atoms with Gasteiger partial charge in [-0.25, -0.2) is 0 Å². The molecule has 1 rings (SSSR count). The predicted octanol–water partition coefficient (Wildman–Crippen LogP) is 2.22. The van der Waals surface area contributed by atoms with Crippen molar-refractivity contribution in [2.24, 2.45) is 4.99 Å². The summed E-state index contributed by atoms with van der Waals surface area (Å²) in [5, 5.41) is 2.04. The molecule has 0 aromatic carbocycles. The Morgan fingerprint density at radius 2 is 1.92 bits per heavy atom. The molecule has 0 radical (unpaired) electrons. The monoisotopic (exact) mass is 189 g/mol. The van der Waals surface area contributed by atoms with Crippen LogP contribution in [0.5, 0.6) is 0 Å². The van der Waals surface area contributed by atoms with E-state index in [0.717, 1.165) is 0 Å². The van der Waals surface area contributed by atoms with Gasteiger partial charge >= 0.3 is 0 Å². The van der Waals surface area contributed by atoms with Crippen LogP contribution in [0.4, 0.5) is 0 Å². The lowest BCUT2D eigenvalue weighted by Gasteiger charge is -1.92. The minimum absolute atomic E-state index is 0.369. The Bertz CT molecular complexity index is 368. The zero-order chi connectivity index (χ0) is 9.52. The topological polar surface area (TPSA) is 29.4 Å². The molecule has 3 heteroatoms. The molecular formula is C10H7NOS. The van der Waals surface area contributed by atoms with Gasteiger partial charge in [0.15, 0.2) is 0 Å². The van der Waals surface area contributed by atoms with Crippen molar-refractivity contribution >= 4 is 23.3 Å². The Hall–Kier alpha value is -1.57. The Morgan fingerprint density at radius 3 is 2.69 bits per heavy atom. The Labute approximate surface area is 81.7 Å². The average Bonchev–Trinajstić information content (AvgIpc) is 2.03. The normalized spacial score (nSPS) is 14.0. The van der Waals surface area contributed by atoms with Crippen molar-refractivity contribution < 1.29 is 4.79 Å². The lowest BCUT2D eigenvalue weighted by Crippen LogP contribution is -1.95. The molecule has 0 N–H and O–H groups in total. The number of carbonyl (C=O) groups is 1. The molecule has 0 aliphatic heterocycles. The second-order valence-electron chi connectivity index (χ2n) is 2.26. The molecule has 0 unspecified atom stereocenters. The standard InChI is InChI=1S/C10H7NOS/c12-10(11-8-13)9-6-4-2-1-3-5-7-9/h1-7H. The molecule has 0 saturated carbocycles. The van der Waals surface area contributed by atoms with Gasteiger partial charge in [0, 0.05) is 5.57 Å². The molecule has 1 aliphatic rings. The number of aliphatic imine (C=N–C) groups is 1. The first kappa shape index (κ1) is 9.52. The Morgan fingerprint density at radius 1 is 1.23 bits per heavy atom. The molecule has 0 spiro atoms. The van der Waals surface area contributed by atoms with Crippen LogP contribution in [0.3, 0.4) is 0 Å². The zero-order valence-electron chi connectivity index (χ0n) is 6.81. The van der Waals surface area contributed by atoms with Gasteiger partial charge in [0.2, 0.25) is 0 Å². The van der Waals surface area contributed by atoms with Crippen LogP contribution in [0, 0.1) is 0 Å². The van der Waals surface area contributed by atoms with E-state index in [2.05, 4.69) is 17.2 Å². The van der Waals surface area contributed by atoms with E-state index in [0.29, 0.717) is 5.57 Å². The maximum Gasteiger partial charge on any atom is 0.285 e. The van der Waals surface area contributed by atoms with E-state index in [1.54, 1.807) is 24.3 Å². The summed E-state index contributed by atoms with van der Waals surface area (Å²) < 4.78 is 0. The van der Waals surface area contributed by atoms with Gasteiger partial charge in [0.1, 0.15) is 0 Å². The summed E-state index contributed by atoms with van der Waals surface area (Å²) in [5.74, 6) is -0.369. The quantitative estimate of drug-likeness (QED) is 0.467. The van der Waals surface area contributed by atoms with Gasteiger partial charge in [-0.2, -0.15) is 4.99 Å². The molecule has 1 aliphatic carbocycles. The molecular weight excluding hydrogens is 182 g/mol. The van der Waals surface area contributed by atoms with Gasteiger partial charge in [0.05, 0.1) is 5.16 Å². The fourth-order valence-electron chi connectivity index (χ4n) is 0.815. The Balaban J connectivity index is 2.90. The molecule has 0 heterocycles. The molecule has 0 aromatic heterocycles. The van der Waals surface area contributed by atoms with E-state index in [1.165, 1.54) is 0 Å². The van der Waals surface area contributed by atoms with Crippen molar-refractivity contribution in [2.75, 3.05) is 0 Å². The van der Waals surface area contributed by atoms with Gasteiger partial charge < -0.3 is 0 Å². The highest BCUT2D eigenvalue weighted by molar-refractivity contribution is 7.78. The number of thiocarbonyl (C=S) groups is 1. The number of carbonyl (C=O) groups excluding carboxylic acids is 1. The number of allylic oxidation sites excluding steroid dienone is 6. The van der Waals surface area contributed by atoms with Gasteiger partial charge in [-0.15, -0.1) is 0 Å². The smallest absolute Gasteiger partial charge is 0.266 e. The lowest BCUT2D eigenvalue weighted by atomic mass is 10.2. The fourth-order valence-corrected chi connectivity index (χ4v) is 0.898. The highest BCUT2D eigenvalue weighted by atomic mass is 32.1. The zero-order valence-corrected chi connectivity index (χ0v) is 7.62. The van der Waals surface area contributed by atoms with Gasteiger partial charge in [-0.05, 0) is 24.4 Å². The lowest BCUT2D eigenvalue weighted by molar-refractivity contribution is -0.114. The molecule has 0 atom stereocenters. The van der Waals surface area contributed by atoms with Gasteiger partial charge in [-0.3, -0.25) is 4.79 Å². The second-order valence-corrected chi connectivity index (χ2v) is 2.44. The van der Waals surface area contributed by atoms with Crippen LogP contribution in [-0.4, -0.2) is 11.1 Å². The number of hydrogen-bond donors (Lipinski definition) is 0. The molecule has 0 fully saturated rings. The van der Waals surface area contributed by atoms with Crippen molar-refractivity contribution in [1.82, 2.24) is 0 Å². The van der Waals surface area contributed by atoms with Crippen molar-refractivity contribution in [1.29, 1.82) is 0 Å². The van der Waals surface area contributed by atoms with E-state index < -0.39 is 0 Å². The first-order valence-corrected chi connectivity index (χ1v) is 4.09. The number of rotatable bonds is 1. The van der Waals surface area contributed by atoms with Crippen molar-refractivity contribution in [3.8, 4) is 0 Å². The average molecular weight is 189 g/mol. The van der Waals surface area contributed by atoms with Crippen LogP contribution in [0.15, 0.2) is 53.1 Å². The third-order valence-electron chi connectivity index (χ3n) is 1.39. The van der Waals surface area contributed by atoms with Crippen LogP contribution in [0.2, 0.25) is 0 Å². The molecule has 0 aromatic rings. The number of isothiocyanates is 1. The number of hydrogen-bond acceptors (Lipinski definition) is 2. The van der Waals surface area contributed by atoms with Crippen molar-refractivity contribution in [3.05, 3.63) is 48.1 Å². The minimum atomic E-state index is -0.369. The summed E-state index contributed by atoms with van der Waals surface area (Å²) in [5.41, 5.74) is 0.498. The van der Waals surface area contributed by atoms with Crippen LogP contribution >= 0.6 is 12.2 Å². The van der Waals surface area contributed by atoms with Crippen molar-refractivity contribution in [2.45, 2.75) is 0 Å². The van der Waals surface area contributed by atoms with Crippen LogP contribution < -0.4 is 0 Å². The Kier molecular flexibility index (Phi) is 3.76. The fraction of sp³-hybridized carbons (Fsp3) is 0. The SMILES string of the molecule is O=C(N=C=S)C1=CC=CC=CC=C1. The van der Waals surface area contributed by atoms with Crippen LogP contribution in [0.25, 0.3) is 0 Å². The second kappa shape index (κ2) is 5.14. The van der Waals surface area contributed by atoms with Crippen molar-refractivity contribution in [3.63, 3.8) is 0 Å². The summed E-state index contributed by atoms with van der Waals surface area (Å²) >= 11 is 4.34. The van der Waals surface area contributed by atoms with Crippen LogP contribution in [-0.2, 0) is 4.79 Å².